The molecular formula is C25H18F3N4O5S+. The maximum atomic E-state index is 14.1. The lowest BCUT2D eigenvalue weighted by atomic mass is 10.0. The maximum Gasteiger partial charge on any atom is 0.439 e. The smallest absolute Gasteiger partial charge is 0.439 e. The van der Waals surface area contributed by atoms with E-state index in [9.17, 15) is 22.8 Å². The van der Waals surface area contributed by atoms with Crippen molar-refractivity contribution in [1.29, 1.82) is 0 Å². The minimum absolute atomic E-state index is 0.0298. The van der Waals surface area contributed by atoms with E-state index in [1.807, 2.05) is 0 Å². The Bertz CT molecular complexity index is 1720. The SMILES string of the molecule is COc1ccc(-c2cc(C(F)(F)F)c3c(N)c(C(=O)c4c(=O)o[nH][n+]4-c4ccc(OC)cc4)sc3n2)cc1. The zero-order valence-electron chi connectivity index (χ0n) is 19.8. The van der Waals surface area contributed by atoms with Gasteiger partial charge in [0.25, 0.3) is 5.78 Å². The van der Waals surface area contributed by atoms with E-state index in [1.54, 1.807) is 48.5 Å². The third kappa shape index (κ3) is 4.26. The molecule has 0 aliphatic rings. The summed E-state index contributed by atoms with van der Waals surface area (Å²) in [6.07, 6.45) is -4.80. The molecule has 3 N–H and O–H groups in total. The first-order valence-electron chi connectivity index (χ1n) is 10.9. The Morgan fingerprint density at radius 2 is 1.66 bits per heavy atom. The van der Waals surface area contributed by atoms with Gasteiger partial charge in [-0.05, 0) is 52.4 Å². The molecule has 3 heterocycles. The number of alkyl halides is 3. The number of hydrogen-bond donors (Lipinski definition) is 2. The Kier molecular flexibility index (Phi) is 6.15. The number of carbonyl (C=O) groups excluding carboxylic acids is 1. The Labute approximate surface area is 215 Å². The van der Waals surface area contributed by atoms with Crippen LogP contribution in [0.15, 0.2) is 63.9 Å². The molecule has 0 saturated carbocycles. The minimum Gasteiger partial charge on any atom is -0.497 e. The number of nitrogens with zero attached hydrogens (tertiary/aromatic N) is 2. The Balaban J connectivity index is 1.67. The lowest BCUT2D eigenvalue weighted by Gasteiger charge is -2.11. The number of halogens is 3. The second kappa shape index (κ2) is 9.34. The fraction of sp³-hybridized carbons (Fsp3) is 0.120. The Morgan fingerprint density at radius 3 is 2.24 bits per heavy atom. The van der Waals surface area contributed by atoms with Crippen LogP contribution in [0.4, 0.5) is 18.9 Å². The molecule has 0 aliphatic carbocycles. The molecule has 13 heteroatoms. The van der Waals surface area contributed by atoms with Gasteiger partial charge in [0.1, 0.15) is 21.2 Å². The first kappa shape index (κ1) is 25.0. The number of nitrogens with two attached hydrogens (primary N) is 1. The molecule has 194 valence electrons. The molecule has 0 saturated heterocycles. The number of ether oxygens (including phenoxy) is 2. The standard InChI is InChI=1S/C25H17F3N4O5S/c1-35-14-7-3-12(4-8-14)17-11-16(25(26,27)28)18-19(29)22(38-23(18)30-17)21(33)20-24(34)37-31-32(20)13-5-9-15(36-2)10-6-13/h3-11H,1-2H3,(H2-,29,31,33,34)/p+1. The highest BCUT2D eigenvalue weighted by Crippen LogP contribution is 2.44. The van der Waals surface area contributed by atoms with E-state index in [-0.39, 0.29) is 15.4 Å². The van der Waals surface area contributed by atoms with Crippen molar-refractivity contribution in [2.24, 2.45) is 0 Å². The van der Waals surface area contributed by atoms with E-state index in [2.05, 4.69) is 10.3 Å². The summed E-state index contributed by atoms with van der Waals surface area (Å²) in [5, 5.41) is 1.92. The number of rotatable bonds is 6. The summed E-state index contributed by atoms with van der Waals surface area (Å²) in [6.45, 7) is 0. The molecular weight excluding hydrogens is 525 g/mol. The summed E-state index contributed by atoms with van der Waals surface area (Å²) < 4.78 is 58.5. The number of aromatic nitrogens is 3. The molecule has 5 aromatic rings. The quantitative estimate of drug-likeness (QED) is 0.241. The lowest BCUT2D eigenvalue weighted by molar-refractivity contribution is -0.672. The number of nitrogen functional groups attached to an aromatic ring is 1. The number of benzene rings is 2. The van der Waals surface area contributed by atoms with Gasteiger partial charge in [-0.25, -0.2) is 9.78 Å². The summed E-state index contributed by atoms with van der Waals surface area (Å²) >= 11 is 0.658. The number of methoxy groups -OCH3 is 2. The van der Waals surface area contributed by atoms with Crippen LogP contribution in [0.1, 0.15) is 20.9 Å². The van der Waals surface area contributed by atoms with Gasteiger partial charge < -0.3 is 15.2 Å². The van der Waals surface area contributed by atoms with E-state index in [1.165, 1.54) is 14.2 Å². The van der Waals surface area contributed by atoms with Crippen LogP contribution >= 0.6 is 11.3 Å². The van der Waals surface area contributed by atoms with Crippen LogP contribution in [0.5, 0.6) is 11.5 Å². The van der Waals surface area contributed by atoms with Crippen molar-refractivity contribution in [3.05, 3.63) is 81.2 Å². The summed E-state index contributed by atoms with van der Waals surface area (Å²) in [5.41, 5.74) is 3.91. The molecule has 38 heavy (non-hydrogen) atoms. The second-order valence-corrected chi connectivity index (χ2v) is 9.00. The molecule has 0 spiro atoms. The van der Waals surface area contributed by atoms with Crippen LogP contribution < -0.4 is 25.5 Å². The molecule has 0 fully saturated rings. The number of thiophene rings is 1. The highest BCUT2D eigenvalue weighted by atomic mass is 32.1. The number of nitrogens with one attached hydrogen (secondary N) is 1. The van der Waals surface area contributed by atoms with Gasteiger partial charge in [0, 0.05) is 23.1 Å². The van der Waals surface area contributed by atoms with Gasteiger partial charge in [-0.2, -0.15) is 13.2 Å². The Hall–Kier alpha value is -4.65. The maximum absolute atomic E-state index is 14.1. The largest absolute Gasteiger partial charge is 0.497 e. The van der Waals surface area contributed by atoms with Crippen molar-refractivity contribution in [1.82, 2.24) is 10.3 Å². The van der Waals surface area contributed by atoms with Gasteiger partial charge in [0.15, 0.2) is 0 Å². The van der Waals surface area contributed by atoms with Gasteiger partial charge >= 0.3 is 17.5 Å². The molecule has 0 unspecified atom stereocenters. The van der Waals surface area contributed by atoms with Crippen LogP contribution in [-0.4, -0.2) is 30.3 Å². The predicted molar refractivity (Wildman–Crippen MR) is 132 cm³/mol. The average molecular weight is 544 g/mol. The number of anilines is 1. The van der Waals surface area contributed by atoms with Crippen molar-refractivity contribution < 1.29 is 36.6 Å². The van der Waals surface area contributed by atoms with E-state index >= 15 is 0 Å². The topological polar surface area (TPSA) is 124 Å². The average Bonchev–Trinajstić information content (AvgIpc) is 3.47. The summed E-state index contributed by atoms with van der Waals surface area (Å²) in [5.74, 6) is 0.130. The molecule has 0 amide bonds. The zero-order chi connectivity index (χ0) is 27.2. The van der Waals surface area contributed by atoms with E-state index in [4.69, 9.17) is 19.7 Å². The van der Waals surface area contributed by atoms with Crippen molar-refractivity contribution in [3.63, 3.8) is 0 Å². The number of hydrogen-bond acceptors (Lipinski definition) is 8. The first-order valence-corrected chi connectivity index (χ1v) is 11.7. The number of H-pyrrole nitrogens is 1. The van der Waals surface area contributed by atoms with Crippen molar-refractivity contribution >= 4 is 33.0 Å². The third-order valence-corrected chi connectivity index (χ3v) is 6.89. The molecule has 3 aromatic heterocycles. The summed E-state index contributed by atoms with van der Waals surface area (Å²) in [4.78, 5) is 30.0. The fourth-order valence-corrected chi connectivity index (χ4v) is 4.97. The number of carbonyl (C=O) groups is 1. The second-order valence-electron chi connectivity index (χ2n) is 8.00. The third-order valence-electron chi connectivity index (χ3n) is 5.79. The van der Waals surface area contributed by atoms with Gasteiger partial charge in [-0.1, -0.05) is 0 Å². The molecule has 9 nitrogen and oxygen atoms in total. The fourth-order valence-electron chi connectivity index (χ4n) is 3.91. The van der Waals surface area contributed by atoms with Crippen LogP contribution in [0.2, 0.25) is 0 Å². The lowest BCUT2D eigenvalue weighted by Crippen LogP contribution is -2.41. The highest BCUT2D eigenvalue weighted by molar-refractivity contribution is 7.21. The number of pyridine rings is 1. The van der Waals surface area contributed by atoms with Gasteiger partial charge in [-0.15, -0.1) is 11.3 Å². The van der Waals surface area contributed by atoms with Crippen LogP contribution in [0, 0.1) is 0 Å². The zero-order valence-corrected chi connectivity index (χ0v) is 20.6. The van der Waals surface area contributed by atoms with E-state index in [0.29, 0.717) is 34.1 Å². The van der Waals surface area contributed by atoms with Crippen molar-refractivity contribution in [2.75, 3.05) is 20.0 Å². The van der Waals surface area contributed by atoms with Gasteiger partial charge in [-0.3, -0.25) is 9.32 Å². The molecule has 2 aromatic carbocycles. The van der Waals surface area contributed by atoms with Crippen molar-refractivity contribution in [2.45, 2.75) is 6.18 Å². The summed E-state index contributed by atoms with van der Waals surface area (Å²) in [6, 6.07) is 13.5. The molecule has 5 rings (SSSR count). The van der Waals surface area contributed by atoms with Gasteiger partial charge in [0.2, 0.25) is 5.69 Å². The molecule has 0 bridgehead atoms. The predicted octanol–water partition coefficient (Wildman–Crippen LogP) is 4.37. The number of aromatic amines is 1. The number of ketones is 1. The molecule has 0 atom stereocenters. The molecule has 0 radical (unpaired) electrons. The van der Waals surface area contributed by atoms with Crippen LogP contribution in [0.25, 0.3) is 27.2 Å². The van der Waals surface area contributed by atoms with E-state index in [0.717, 1.165) is 10.7 Å². The van der Waals surface area contributed by atoms with Crippen LogP contribution in [0.3, 0.4) is 0 Å². The van der Waals surface area contributed by atoms with E-state index < -0.39 is 39.9 Å². The normalized spacial score (nSPS) is 11.6. The van der Waals surface area contributed by atoms with Gasteiger partial charge in [0.05, 0.1) is 31.2 Å². The summed E-state index contributed by atoms with van der Waals surface area (Å²) in [7, 11) is 2.95. The Morgan fingerprint density at radius 1 is 1.05 bits per heavy atom. The first-order chi connectivity index (χ1) is 18.1. The monoisotopic (exact) mass is 543 g/mol. The highest BCUT2D eigenvalue weighted by Gasteiger charge is 2.39. The minimum atomic E-state index is -4.80. The van der Waals surface area contributed by atoms with Crippen LogP contribution in [-0.2, 0) is 6.18 Å². The molecule has 0 aliphatic heterocycles. The number of fused-ring (bicyclic) bond motifs is 1. The van der Waals surface area contributed by atoms with Crippen molar-refractivity contribution in [3.8, 4) is 28.4 Å².